The highest BCUT2D eigenvalue weighted by molar-refractivity contribution is 7.59. The highest BCUT2D eigenvalue weighted by atomic mass is 31.1. The monoisotopic (exact) mass is 490 g/mol. The molecular weight excluding hydrogens is 471 g/mol. The molecule has 0 amide bonds. The Balaban J connectivity index is 1.62. The number of non-ortho nitro benzene ring substituents is 2. The SMILES string of the molecule is O=[N+]([O-])c1ccc(C#Cc2c3c(c(C#Cc4ccc([N+](=O)[O-])cc4)p2-c2ccccc2)CCC3)cc1. The summed E-state index contributed by atoms with van der Waals surface area (Å²) < 4.78 is 0. The van der Waals surface area contributed by atoms with Crippen LogP contribution < -0.4 is 0 Å². The van der Waals surface area contributed by atoms with Crippen molar-refractivity contribution in [1.29, 1.82) is 0 Å². The molecule has 1 heterocycles. The molecule has 7 heteroatoms. The van der Waals surface area contributed by atoms with E-state index >= 15 is 0 Å². The number of nitrogens with zero attached hydrogens (tertiary/aromatic N) is 2. The summed E-state index contributed by atoms with van der Waals surface area (Å²) in [5.74, 6) is 13.3. The molecule has 1 aliphatic rings. The maximum atomic E-state index is 11.0. The van der Waals surface area contributed by atoms with Crippen LogP contribution >= 0.6 is 7.53 Å². The molecule has 3 aromatic carbocycles. The van der Waals surface area contributed by atoms with Gasteiger partial charge in [0.15, 0.2) is 0 Å². The normalized spacial score (nSPS) is 11.6. The van der Waals surface area contributed by atoms with Gasteiger partial charge in [0.05, 0.1) is 20.4 Å². The number of fused-ring (bicyclic) bond motifs is 1. The van der Waals surface area contributed by atoms with Crippen molar-refractivity contribution in [1.82, 2.24) is 0 Å². The summed E-state index contributed by atoms with van der Waals surface area (Å²) >= 11 is 0. The van der Waals surface area contributed by atoms with Gasteiger partial charge in [0, 0.05) is 40.7 Å². The zero-order valence-corrected chi connectivity index (χ0v) is 20.0. The van der Waals surface area contributed by atoms with E-state index in [1.54, 1.807) is 24.3 Å². The van der Waals surface area contributed by atoms with Crippen molar-refractivity contribution < 1.29 is 9.85 Å². The first-order chi connectivity index (χ1) is 17.5. The quantitative estimate of drug-likeness (QED) is 0.180. The van der Waals surface area contributed by atoms with Gasteiger partial charge in [0.25, 0.3) is 11.4 Å². The highest BCUT2D eigenvalue weighted by Gasteiger charge is 2.26. The molecule has 0 saturated carbocycles. The zero-order chi connectivity index (χ0) is 25.1. The van der Waals surface area contributed by atoms with Crippen LogP contribution in [0.3, 0.4) is 0 Å². The topological polar surface area (TPSA) is 86.3 Å². The van der Waals surface area contributed by atoms with E-state index < -0.39 is 17.4 Å². The molecule has 0 radical (unpaired) electrons. The van der Waals surface area contributed by atoms with E-state index in [9.17, 15) is 20.2 Å². The summed E-state index contributed by atoms with van der Waals surface area (Å²) in [5, 5.41) is 25.3. The second kappa shape index (κ2) is 9.92. The van der Waals surface area contributed by atoms with Gasteiger partial charge in [-0.15, -0.1) is 0 Å². The lowest BCUT2D eigenvalue weighted by atomic mass is 10.1. The van der Waals surface area contributed by atoms with Gasteiger partial charge < -0.3 is 0 Å². The van der Waals surface area contributed by atoms with E-state index in [4.69, 9.17) is 0 Å². The Morgan fingerprint density at radius 2 is 1.06 bits per heavy atom. The maximum absolute atomic E-state index is 11.0. The largest absolute Gasteiger partial charge is 0.269 e. The first-order valence-electron chi connectivity index (χ1n) is 11.4. The summed E-state index contributed by atoms with van der Waals surface area (Å²) in [6.45, 7) is 0. The average Bonchev–Trinajstić information content (AvgIpc) is 3.48. The van der Waals surface area contributed by atoms with Crippen LogP contribution in [0.5, 0.6) is 0 Å². The summed E-state index contributed by atoms with van der Waals surface area (Å²) in [7, 11) is -0.930. The minimum absolute atomic E-state index is 0.0403. The van der Waals surface area contributed by atoms with E-state index in [1.165, 1.54) is 40.7 Å². The van der Waals surface area contributed by atoms with Crippen LogP contribution in [0.2, 0.25) is 0 Å². The average molecular weight is 490 g/mol. The van der Waals surface area contributed by atoms with Crippen molar-refractivity contribution >= 4 is 18.9 Å². The molecule has 1 aromatic heterocycles. The van der Waals surface area contributed by atoms with E-state index in [0.29, 0.717) is 0 Å². The number of benzene rings is 3. The molecular formula is C29H19N2O4P. The number of rotatable bonds is 3. The Kier molecular flexibility index (Phi) is 6.37. The maximum Gasteiger partial charge on any atom is 0.269 e. The van der Waals surface area contributed by atoms with E-state index in [-0.39, 0.29) is 11.4 Å². The third kappa shape index (κ3) is 4.64. The number of hydrogen-bond acceptors (Lipinski definition) is 4. The van der Waals surface area contributed by atoms with Crippen LogP contribution in [0.25, 0.3) is 5.30 Å². The van der Waals surface area contributed by atoms with Crippen LogP contribution in [0.15, 0.2) is 78.9 Å². The minimum atomic E-state index is -0.930. The fourth-order valence-corrected chi connectivity index (χ4v) is 6.92. The van der Waals surface area contributed by atoms with E-state index in [0.717, 1.165) is 41.0 Å². The second-order valence-electron chi connectivity index (χ2n) is 8.29. The summed E-state index contributed by atoms with van der Waals surface area (Å²) in [6.07, 6.45) is 2.95. The van der Waals surface area contributed by atoms with Gasteiger partial charge in [-0.1, -0.05) is 61.5 Å². The molecule has 0 fully saturated rings. The summed E-state index contributed by atoms with van der Waals surface area (Å²) in [4.78, 5) is 21.1. The lowest BCUT2D eigenvalue weighted by molar-refractivity contribution is -0.385. The molecule has 0 bridgehead atoms. The molecule has 0 aliphatic heterocycles. The lowest BCUT2D eigenvalue weighted by Gasteiger charge is -2.05. The van der Waals surface area contributed by atoms with E-state index in [1.807, 2.05) is 18.2 Å². The van der Waals surface area contributed by atoms with Crippen LogP contribution in [0.4, 0.5) is 11.4 Å². The smallest absolute Gasteiger partial charge is 0.258 e. The van der Waals surface area contributed by atoms with Gasteiger partial charge >= 0.3 is 0 Å². The van der Waals surface area contributed by atoms with Crippen LogP contribution in [0.1, 0.15) is 39.3 Å². The minimum Gasteiger partial charge on any atom is -0.258 e. The molecule has 36 heavy (non-hydrogen) atoms. The predicted octanol–water partition coefficient (Wildman–Crippen LogP) is 6.77. The molecule has 174 valence electrons. The number of nitro groups is 2. The van der Waals surface area contributed by atoms with Crippen molar-refractivity contribution in [3.8, 4) is 29.0 Å². The molecule has 5 rings (SSSR count). The first-order valence-corrected chi connectivity index (χ1v) is 12.7. The molecule has 6 nitrogen and oxygen atoms in total. The molecule has 0 spiro atoms. The van der Waals surface area contributed by atoms with Crippen molar-refractivity contribution in [2.75, 3.05) is 0 Å². The first kappa shape index (κ1) is 23.1. The Labute approximate surface area is 209 Å². The number of nitro benzene ring substituents is 2. The van der Waals surface area contributed by atoms with Crippen LogP contribution in [0, 0.1) is 43.9 Å². The molecule has 4 aromatic rings. The van der Waals surface area contributed by atoms with Crippen LogP contribution in [-0.4, -0.2) is 9.85 Å². The Morgan fingerprint density at radius 1 is 0.611 bits per heavy atom. The molecule has 1 aliphatic carbocycles. The van der Waals surface area contributed by atoms with Crippen molar-refractivity contribution in [2.45, 2.75) is 19.3 Å². The van der Waals surface area contributed by atoms with E-state index in [2.05, 4.69) is 35.8 Å². The molecule has 0 atom stereocenters. The summed E-state index contributed by atoms with van der Waals surface area (Å²) in [5.41, 5.74) is 4.07. The van der Waals surface area contributed by atoms with Gasteiger partial charge in [0.2, 0.25) is 0 Å². The van der Waals surface area contributed by atoms with Gasteiger partial charge in [-0.3, -0.25) is 20.2 Å². The van der Waals surface area contributed by atoms with Crippen molar-refractivity contribution in [3.63, 3.8) is 0 Å². The Morgan fingerprint density at radius 3 is 1.47 bits per heavy atom. The van der Waals surface area contributed by atoms with Gasteiger partial charge in [-0.05, 0) is 54.7 Å². The lowest BCUT2D eigenvalue weighted by Crippen LogP contribution is -1.87. The fraction of sp³-hybridized carbons (Fsp3) is 0.103. The van der Waals surface area contributed by atoms with Crippen molar-refractivity contribution in [2.24, 2.45) is 0 Å². The third-order valence-corrected chi connectivity index (χ3v) is 8.53. The van der Waals surface area contributed by atoms with Gasteiger partial charge in [-0.25, -0.2) is 0 Å². The fourth-order valence-electron chi connectivity index (χ4n) is 4.34. The van der Waals surface area contributed by atoms with Crippen LogP contribution in [-0.2, 0) is 12.8 Å². The molecule has 0 saturated heterocycles. The van der Waals surface area contributed by atoms with Gasteiger partial charge in [0.1, 0.15) is 0 Å². The van der Waals surface area contributed by atoms with Crippen molar-refractivity contribution in [3.05, 3.63) is 132 Å². The Bertz CT molecular complexity index is 1500. The highest BCUT2D eigenvalue weighted by Crippen LogP contribution is 2.53. The standard InChI is InChI=1S/C29H19N2O4P/c32-30(33)23-15-9-21(10-16-23)13-19-28-26-7-4-8-27(26)29(36(28)25-5-2-1-3-6-25)20-14-22-11-17-24(18-12-22)31(34)35/h1-3,5-6,9-12,15-18H,4,7-8H2. The molecule has 0 N–H and O–H groups in total. The Hall–Kier alpha value is -4.64. The molecule has 0 unspecified atom stereocenters. The zero-order valence-electron chi connectivity index (χ0n) is 19.1. The number of hydrogen-bond donors (Lipinski definition) is 0. The second-order valence-corrected chi connectivity index (χ2v) is 10.4. The predicted molar refractivity (Wildman–Crippen MR) is 141 cm³/mol. The van der Waals surface area contributed by atoms with Gasteiger partial charge in [-0.2, -0.15) is 0 Å². The summed E-state index contributed by atoms with van der Waals surface area (Å²) in [6, 6.07) is 22.8. The third-order valence-electron chi connectivity index (χ3n) is 6.06.